The van der Waals surface area contributed by atoms with Crippen LogP contribution in [0.15, 0.2) is 24.3 Å². The van der Waals surface area contributed by atoms with Gasteiger partial charge in [-0.3, -0.25) is 30.4 Å². The zero-order chi connectivity index (χ0) is 21.1. The fourth-order valence-corrected chi connectivity index (χ4v) is 3.32. The topological polar surface area (TPSA) is 167 Å². The maximum absolute atomic E-state index is 11.4. The number of aryl methyl sites for hydroxylation is 2. The van der Waals surface area contributed by atoms with Crippen LogP contribution in [-0.4, -0.2) is 30.2 Å². The molecule has 0 amide bonds. The molecule has 3 aromatic rings. The molecule has 29 heavy (non-hydrogen) atoms. The van der Waals surface area contributed by atoms with Gasteiger partial charge in [0.25, 0.3) is 0 Å². The Hall–Kier alpha value is -4.07. The number of nitrogens with one attached hydrogen (secondary N) is 2. The molecular weight excluding hydrogens is 378 g/mol. The van der Waals surface area contributed by atoms with Crippen molar-refractivity contribution < 1.29 is 9.85 Å². The monoisotopic (exact) mass is 395 g/mol. The molecule has 0 bridgehead atoms. The second-order valence-electron chi connectivity index (χ2n) is 6.64. The van der Waals surface area contributed by atoms with E-state index in [1.807, 2.05) is 6.07 Å². The third kappa shape index (κ3) is 3.96. The van der Waals surface area contributed by atoms with Crippen LogP contribution in [0.4, 0.5) is 11.4 Å². The van der Waals surface area contributed by atoms with Gasteiger partial charge >= 0.3 is 11.4 Å². The van der Waals surface area contributed by atoms with E-state index >= 15 is 0 Å². The summed E-state index contributed by atoms with van der Waals surface area (Å²) in [7, 11) is 0. The number of hydrogen-bond acceptors (Lipinski definition) is 7. The van der Waals surface area contributed by atoms with Gasteiger partial charge in [-0.1, -0.05) is 12.1 Å². The lowest BCUT2D eigenvalue weighted by molar-refractivity contribution is -0.386. The maximum atomic E-state index is 11.4. The Kier molecular flexibility index (Phi) is 5.36. The Morgan fingerprint density at radius 1 is 0.966 bits per heavy atom. The summed E-state index contributed by atoms with van der Waals surface area (Å²) in [6, 6.07) is 8.78. The Morgan fingerprint density at radius 3 is 1.79 bits per heavy atom. The first-order valence-corrected chi connectivity index (χ1v) is 8.68. The van der Waals surface area contributed by atoms with Crippen molar-refractivity contribution in [2.24, 2.45) is 0 Å². The lowest BCUT2D eigenvalue weighted by Crippen LogP contribution is -2.10. The first kappa shape index (κ1) is 19.7. The number of nitrogens with zero attached hydrogens (tertiary/aromatic N) is 5. The number of H-pyrrole nitrogens is 2. The van der Waals surface area contributed by atoms with Gasteiger partial charge in [-0.2, -0.15) is 15.5 Å². The SMILES string of the molecule is Cc1[nH]nc(CC(Cc2n[nH]c(C)c2[N+](=O)[O-])c2ccc(C#N)cc2)c1[N+](=O)[O-]. The van der Waals surface area contributed by atoms with Crippen LogP contribution in [0, 0.1) is 45.4 Å². The highest BCUT2D eigenvalue weighted by Crippen LogP contribution is 2.32. The average Bonchev–Trinajstić information content (AvgIpc) is 3.23. The summed E-state index contributed by atoms with van der Waals surface area (Å²) in [5, 5.41) is 45.2. The average molecular weight is 395 g/mol. The molecule has 3 rings (SSSR count). The van der Waals surface area contributed by atoms with Crippen LogP contribution in [0.2, 0.25) is 0 Å². The summed E-state index contributed by atoms with van der Waals surface area (Å²) in [6.45, 7) is 3.13. The van der Waals surface area contributed by atoms with E-state index in [4.69, 9.17) is 5.26 Å². The predicted molar refractivity (Wildman–Crippen MR) is 101 cm³/mol. The molecule has 0 fully saturated rings. The van der Waals surface area contributed by atoms with Crippen LogP contribution in [0.3, 0.4) is 0 Å². The van der Waals surface area contributed by atoms with E-state index in [1.165, 1.54) is 0 Å². The van der Waals surface area contributed by atoms with Crippen LogP contribution < -0.4 is 0 Å². The first-order valence-electron chi connectivity index (χ1n) is 8.68. The van der Waals surface area contributed by atoms with E-state index in [2.05, 4.69) is 20.4 Å². The fourth-order valence-electron chi connectivity index (χ4n) is 3.32. The highest BCUT2D eigenvalue weighted by atomic mass is 16.6. The second kappa shape index (κ2) is 7.89. The number of hydrogen-bond donors (Lipinski definition) is 2. The smallest absolute Gasteiger partial charge is 0.275 e. The number of nitro groups is 2. The van der Waals surface area contributed by atoms with E-state index in [-0.39, 0.29) is 41.5 Å². The van der Waals surface area contributed by atoms with Gasteiger partial charge in [0.2, 0.25) is 0 Å². The van der Waals surface area contributed by atoms with Crippen molar-refractivity contribution in [3.8, 4) is 6.07 Å². The highest BCUT2D eigenvalue weighted by Gasteiger charge is 2.29. The van der Waals surface area contributed by atoms with Gasteiger partial charge in [0.1, 0.15) is 22.8 Å². The normalized spacial score (nSPS) is 10.8. The number of nitriles is 1. The van der Waals surface area contributed by atoms with E-state index in [0.717, 1.165) is 5.56 Å². The first-order chi connectivity index (χ1) is 13.8. The second-order valence-corrected chi connectivity index (χ2v) is 6.64. The lowest BCUT2D eigenvalue weighted by Gasteiger charge is -2.15. The molecule has 0 radical (unpaired) electrons. The molecular formula is C18H17N7O4. The van der Waals surface area contributed by atoms with E-state index in [1.54, 1.807) is 38.1 Å². The van der Waals surface area contributed by atoms with E-state index < -0.39 is 9.85 Å². The van der Waals surface area contributed by atoms with Crippen LogP contribution in [0.5, 0.6) is 0 Å². The molecule has 0 saturated heterocycles. The third-order valence-corrected chi connectivity index (χ3v) is 4.73. The summed E-state index contributed by atoms with van der Waals surface area (Å²) < 4.78 is 0. The molecule has 148 valence electrons. The number of aromatic amines is 2. The maximum Gasteiger partial charge on any atom is 0.312 e. The summed E-state index contributed by atoms with van der Waals surface area (Å²) in [5.41, 5.74) is 2.24. The zero-order valence-corrected chi connectivity index (χ0v) is 15.7. The van der Waals surface area contributed by atoms with Gasteiger partial charge in [0, 0.05) is 12.8 Å². The predicted octanol–water partition coefficient (Wildman–Crippen LogP) is 3.01. The molecule has 0 unspecified atom stereocenters. The van der Waals surface area contributed by atoms with Crippen molar-refractivity contribution in [3.05, 3.63) is 78.4 Å². The number of benzene rings is 1. The van der Waals surface area contributed by atoms with Gasteiger partial charge < -0.3 is 0 Å². The molecule has 2 N–H and O–H groups in total. The quantitative estimate of drug-likeness (QED) is 0.458. The molecule has 1 aromatic carbocycles. The fraction of sp³-hybridized carbons (Fsp3) is 0.278. The molecule has 0 aliphatic carbocycles. The Morgan fingerprint density at radius 2 is 1.41 bits per heavy atom. The van der Waals surface area contributed by atoms with E-state index in [9.17, 15) is 20.2 Å². The van der Waals surface area contributed by atoms with Crippen molar-refractivity contribution in [1.29, 1.82) is 5.26 Å². The molecule has 0 aliphatic heterocycles. The Balaban J connectivity index is 2.02. The summed E-state index contributed by atoms with van der Waals surface area (Å²) in [6.07, 6.45) is 0.352. The minimum Gasteiger partial charge on any atom is -0.275 e. The van der Waals surface area contributed by atoms with Crippen LogP contribution in [0.25, 0.3) is 0 Å². The largest absolute Gasteiger partial charge is 0.312 e. The van der Waals surface area contributed by atoms with Crippen molar-refractivity contribution in [1.82, 2.24) is 20.4 Å². The van der Waals surface area contributed by atoms with Crippen molar-refractivity contribution in [2.45, 2.75) is 32.6 Å². The van der Waals surface area contributed by atoms with Crippen molar-refractivity contribution in [2.75, 3.05) is 0 Å². The van der Waals surface area contributed by atoms with Crippen molar-refractivity contribution in [3.63, 3.8) is 0 Å². The zero-order valence-electron chi connectivity index (χ0n) is 15.7. The van der Waals surface area contributed by atoms with Gasteiger partial charge in [0.15, 0.2) is 0 Å². The summed E-state index contributed by atoms with van der Waals surface area (Å²) >= 11 is 0. The number of aromatic nitrogens is 4. The molecule has 0 atom stereocenters. The summed E-state index contributed by atoms with van der Waals surface area (Å²) in [4.78, 5) is 21.8. The molecule has 11 heteroatoms. The van der Waals surface area contributed by atoms with Crippen LogP contribution >= 0.6 is 0 Å². The Labute approximate surface area is 164 Å². The molecule has 0 saturated carbocycles. The van der Waals surface area contributed by atoms with Crippen LogP contribution in [-0.2, 0) is 12.8 Å². The van der Waals surface area contributed by atoms with Gasteiger partial charge in [-0.25, -0.2) is 0 Å². The van der Waals surface area contributed by atoms with Crippen molar-refractivity contribution >= 4 is 11.4 Å². The molecule has 11 nitrogen and oxygen atoms in total. The van der Waals surface area contributed by atoms with Gasteiger partial charge in [-0.15, -0.1) is 0 Å². The van der Waals surface area contributed by atoms with Crippen LogP contribution in [0.1, 0.15) is 39.8 Å². The summed E-state index contributed by atoms with van der Waals surface area (Å²) in [5.74, 6) is -0.370. The van der Waals surface area contributed by atoms with Gasteiger partial charge in [0.05, 0.1) is 21.5 Å². The molecule has 2 heterocycles. The molecule has 2 aromatic heterocycles. The third-order valence-electron chi connectivity index (χ3n) is 4.73. The standard InChI is InChI=1S/C18H17N7O4/c1-10-17(24(26)27)15(22-20-10)7-14(13-5-3-12(9-19)4-6-13)8-16-18(25(28)29)11(2)21-23-16/h3-6,14H,7-8H2,1-2H3,(H,20,22)(H,21,23). The molecule has 0 spiro atoms. The highest BCUT2D eigenvalue weighted by molar-refractivity contribution is 5.44. The molecule has 0 aliphatic rings. The minimum absolute atomic E-state index is 0.101. The number of rotatable bonds is 7. The Bertz CT molecular complexity index is 1050. The van der Waals surface area contributed by atoms with E-state index in [0.29, 0.717) is 17.0 Å². The van der Waals surface area contributed by atoms with Gasteiger partial charge in [-0.05, 0) is 37.5 Å². The minimum atomic E-state index is -0.495. The lowest BCUT2D eigenvalue weighted by atomic mass is 9.88.